The molecule has 210 valence electrons. The molecule has 9 nitrogen and oxygen atoms in total. The second-order valence-electron chi connectivity index (χ2n) is 10.9. The van der Waals surface area contributed by atoms with Crippen molar-refractivity contribution < 1.29 is 29.7 Å². The molecule has 1 fully saturated rings. The number of aromatic carboxylic acids is 1. The number of rotatable bonds is 8. The van der Waals surface area contributed by atoms with Gasteiger partial charge in [-0.25, -0.2) is 9.59 Å². The molecule has 1 aliphatic carbocycles. The van der Waals surface area contributed by atoms with Gasteiger partial charge in [-0.15, -0.1) is 0 Å². The molecule has 3 N–H and O–H groups in total. The van der Waals surface area contributed by atoms with E-state index in [1.807, 2.05) is 34.9 Å². The third kappa shape index (κ3) is 4.47. The number of hydrogen-bond donors (Lipinski definition) is 3. The Hall–Kier alpha value is -4.79. The molecular weight excluding hydrogens is 522 g/mol. The molecule has 0 saturated heterocycles. The summed E-state index contributed by atoms with van der Waals surface area (Å²) in [7, 11) is 0. The number of amides is 1. The number of carbonyl (C=O) groups excluding carboxylic acids is 1. The minimum Gasteiger partial charge on any atom is -0.494 e. The molecule has 1 saturated carbocycles. The lowest BCUT2D eigenvalue weighted by molar-refractivity contribution is -0.150. The van der Waals surface area contributed by atoms with E-state index in [1.54, 1.807) is 48.5 Å². The summed E-state index contributed by atoms with van der Waals surface area (Å²) in [5.41, 5.74) is 0.192. The lowest BCUT2D eigenvalue weighted by atomic mass is 9.93. The third-order valence-corrected chi connectivity index (χ3v) is 8.54. The minimum atomic E-state index is -1.32. The number of fused-ring (bicyclic) bond motifs is 3. The highest BCUT2D eigenvalue weighted by atomic mass is 16.4. The molecule has 0 spiro atoms. The molecule has 1 amide bonds. The number of hydrogen-bond acceptors (Lipinski definition) is 5. The van der Waals surface area contributed by atoms with Gasteiger partial charge in [0.15, 0.2) is 0 Å². The minimum absolute atomic E-state index is 0.0761. The fraction of sp³-hybridized carbons (Fsp3) is 0.281. The Morgan fingerprint density at radius 1 is 0.829 bits per heavy atom. The van der Waals surface area contributed by atoms with Crippen molar-refractivity contribution in [2.45, 2.75) is 43.8 Å². The van der Waals surface area contributed by atoms with Crippen molar-refractivity contribution in [3.63, 3.8) is 0 Å². The average Bonchev–Trinajstić information content (AvgIpc) is 3.69. The summed E-state index contributed by atoms with van der Waals surface area (Å²) in [5.74, 6) is -1.48. The lowest BCUT2D eigenvalue weighted by Crippen LogP contribution is -2.57. The van der Waals surface area contributed by atoms with Gasteiger partial charge in [0, 0.05) is 36.0 Å². The van der Waals surface area contributed by atoms with Crippen molar-refractivity contribution >= 4 is 34.4 Å². The topological polar surface area (TPSA) is 123 Å². The molecular formula is C32H31N3O6. The van der Waals surface area contributed by atoms with Gasteiger partial charge in [0.25, 0.3) is 5.91 Å². The molecule has 2 heterocycles. The number of benzene rings is 3. The number of anilines is 1. The van der Waals surface area contributed by atoms with Gasteiger partial charge in [-0.2, -0.15) is 0 Å². The van der Waals surface area contributed by atoms with Gasteiger partial charge < -0.3 is 25.1 Å². The van der Waals surface area contributed by atoms with Crippen LogP contribution in [0.3, 0.4) is 0 Å². The fourth-order valence-corrected chi connectivity index (χ4v) is 6.53. The standard InChI is InChI=1S/C32H31N3O6/c36-28(22-8-2-1-3-9-22)34(32(31(40)41)16-6-7-17-32)20-24-19-33(18-21-12-14-23(15-13-21)30(38)39)27-25-10-4-5-11-26(25)29(37)35(24)27/h1-5,8-15,24,37H,6-7,16-20H2,(H,38,39)(H,40,41)/t24-/m0/s1. The summed E-state index contributed by atoms with van der Waals surface area (Å²) < 4.78 is 1.83. The van der Waals surface area contributed by atoms with Crippen LogP contribution in [0.1, 0.15) is 58.0 Å². The second-order valence-corrected chi connectivity index (χ2v) is 10.9. The predicted molar refractivity (Wildman–Crippen MR) is 153 cm³/mol. The number of aliphatic carboxylic acids is 1. The van der Waals surface area contributed by atoms with E-state index in [0.29, 0.717) is 36.9 Å². The molecule has 1 aromatic heterocycles. The predicted octanol–water partition coefficient (Wildman–Crippen LogP) is 5.15. The molecule has 2 aliphatic rings. The molecule has 3 aromatic carbocycles. The maximum Gasteiger partial charge on any atom is 0.335 e. The molecule has 0 bridgehead atoms. The Kier molecular flexibility index (Phi) is 6.65. The van der Waals surface area contributed by atoms with E-state index in [0.717, 1.165) is 29.6 Å². The van der Waals surface area contributed by atoms with Gasteiger partial charge >= 0.3 is 11.9 Å². The van der Waals surface area contributed by atoms with Crippen LogP contribution >= 0.6 is 0 Å². The largest absolute Gasteiger partial charge is 0.494 e. The van der Waals surface area contributed by atoms with Gasteiger partial charge in [-0.3, -0.25) is 9.36 Å². The average molecular weight is 554 g/mol. The van der Waals surface area contributed by atoms with Crippen molar-refractivity contribution in [3.8, 4) is 5.88 Å². The van der Waals surface area contributed by atoms with E-state index in [9.17, 15) is 29.7 Å². The van der Waals surface area contributed by atoms with Crippen LogP contribution < -0.4 is 4.90 Å². The zero-order chi connectivity index (χ0) is 28.7. The van der Waals surface area contributed by atoms with Crippen molar-refractivity contribution in [3.05, 3.63) is 95.6 Å². The van der Waals surface area contributed by atoms with Crippen LogP contribution in [-0.2, 0) is 11.3 Å². The Morgan fingerprint density at radius 3 is 2.10 bits per heavy atom. The van der Waals surface area contributed by atoms with Gasteiger partial charge in [0.1, 0.15) is 11.4 Å². The summed E-state index contributed by atoms with van der Waals surface area (Å²) in [5, 5.41) is 32.7. The van der Waals surface area contributed by atoms with Crippen molar-refractivity contribution in [2.24, 2.45) is 0 Å². The second kappa shape index (κ2) is 10.3. The number of aromatic nitrogens is 1. The van der Waals surface area contributed by atoms with Gasteiger partial charge in [0.2, 0.25) is 5.88 Å². The highest BCUT2D eigenvalue weighted by Crippen LogP contribution is 2.46. The van der Waals surface area contributed by atoms with Gasteiger partial charge in [0.05, 0.1) is 11.6 Å². The number of carboxylic acids is 2. The first-order chi connectivity index (χ1) is 19.8. The molecule has 0 radical (unpaired) electrons. The fourth-order valence-electron chi connectivity index (χ4n) is 6.53. The molecule has 41 heavy (non-hydrogen) atoms. The number of nitrogens with zero attached hydrogens (tertiary/aromatic N) is 3. The number of aromatic hydroxyl groups is 1. The van der Waals surface area contributed by atoms with Crippen LogP contribution in [-0.4, -0.2) is 61.3 Å². The highest BCUT2D eigenvalue weighted by Gasteiger charge is 2.50. The summed E-state index contributed by atoms with van der Waals surface area (Å²) in [6, 6.07) is 22.6. The summed E-state index contributed by atoms with van der Waals surface area (Å²) >= 11 is 0. The first-order valence-corrected chi connectivity index (χ1v) is 13.8. The lowest BCUT2D eigenvalue weighted by Gasteiger charge is -2.39. The van der Waals surface area contributed by atoms with Crippen LogP contribution in [0.2, 0.25) is 0 Å². The summed E-state index contributed by atoms with van der Waals surface area (Å²) in [6.45, 7) is 0.985. The molecule has 1 atom stereocenters. The Morgan fingerprint density at radius 2 is 1.46 bits per heavy atom. The van der Waals surface area contributed by atoms with Crippen LogP contribution in [0.15, 0.2) is 78.9 Å². The summed E-state index contributed by atoms with van der Waals surface area (Å²) in [4.78, 5) is 41.8. The molecule has 9 heteroatoms. The summed E-state index contributed by atoms with van der Waals surface area (Å²) in [6.07, 6.45) is 2.19. The monoisotopic (exact) mass is 553 g/mol. The van der Waals surface area contributed by atoms with Crippen LogP contribution in [0.25, 0.3) is 10.8 Å². The Labute approximate surface area is 236 Å². The quantitative estimate of drug-likeness (QED) is 0.276. The first-order valence-electron chi connectivity index (χ1n) is 13.8. The van der Waals surface area contributed by atoms with E-state index < -0.39 is 23.5 Å². The van der Waals surface area contributed by atoms with Crippen molar-refractivity contribution in [1.82, 2.24) is 9.47 Å². The van der Waals surface area contributed by atoms with E-state index >= 15 is 0 Å². The number of carbonyl (C=O) groups is 3. The van der Waals surface area contributed by atoms with Crippen molar-refractivity contribution in [1.29, 1.82) is 0 Å². The smallest absolute Gasteiger partial charge is 0.335 e. The third-order valence-electron chi connectivity index (χ3n) is 8.54. The van der Waals surface area contributed by atoms with Gasteiger partial charge in [-0.1, -0.05) is 61.4 Å². The van der Waals surface area contributed by atoms with Crippen LogP contribution in [0.5, 0.6) is 5.88 Å². The maximum atomic E-state index is 14.0. The zero-order valence-electron chi connectivity index (χ0n) is 22.4. The Bertz CT molecular complexity index is 1620. The van der Waals surface area contributed by atoms with Crippen LogP contribution in [0.4, 0.5) is 5.82 Å². The van der Waals surface area contributed by atoms with E-state index in [-0.39, 0.29) is 23.9 Å². The number of carboxylic acid groups (broad SMARTS) is 2. The SMILES string of the molecule is O=C(O)c1ccc(CN2C[C@@H](CN(C(=O)c3ccccc3)C3(C(=O)O)CCCC3)n3c(O)c4ccccc4c32)cc1. The highest BCUT2D eigenvalue weighted by molar-refractivity contribution is 6.00. The Balaban J connectivity index is 1.41. The molecule has 6 rings (SSSR count). The maximum absolute atomic E-state index is 14.0. The van der Waals surface area contributed by atoms with Crippen molar-refractivity contribution in [2.75, 3.05) is 18.0 Å². The zero-order valence-corrected chi connectivity index (χ0v) is 22.4. The molecule has 0 unspecified atom stereocenters. The molecule has 4 aromatic rings. The van der Waals surface area contributed by atoms with E-state index in [1.165, 1.54) is 4.90 Å². The normalized spacial score (nSPS) is 17.5. The van der Waals surface area contributed by atoms with Gasteiger partial charge in [-0.05, 0) is 48.7 Å². The van der Waals surface area contributed by atoms with Crippen LogP contribution in [0, 0.1) is 0 Å². The van der Waals surface area contributed by atoms with E-state index in [2.05, 4.69) is 4.90 Å². The first kappa shape index (κ1) is 26.4. The van der Waals surface area contributed by atoms with E-state index in [4.69, 9.17) is 0 Å². The molecule has 1 aliphatic heterocycles.